The highest BCUT2D eigenvalue weighted by Crippen LogP contribution is 2.35. The molecule has 2 atom stereocenters. The normalized spacial score (nSPS) is 22.0. The molecule has 1 saturated carbocycles. The Morgan fingerprint density at radius 2 is 2.07 bits per heavy atom. The zero-order chi connectivity index (χ0) is 20.2. The Labute approximate surface area is 169 Å². The van der Waals surface area contributed by atoms with Gasteiger partial charge in [0.25, 0.3) is 5.91 Å². The molecule has 0 spiro atoms. The summed E-state index contributed by atoms with van der Waals surface area (Å²) < 4.78 is 4.98. The molecule has 2 aromatic rings. The number of carbonyl (C=O) groups is 2. The minimum absolute atomic E-state index is 0.0511. The van der Waals surface area contributed by atoms with Crippen molar-refractivity contribution < 1.29 is 14.1 Å². The number of carbonyl (C=O) groups excluding carboxylic acids is 2. The molecule has 0 aromatic carbocycles. The second-order valence-electron chi connectivity index (χ2n) is 8.09. The number of nitrogens with zero attached hydrogens (tertiary/aromatic N) is 3. The molecule has 29 heavy (non-hydrogen) atoms. The summed E-state index contributed by atoms with van der Waals surface area (Å²) in [6.45, 7) is 3.77. The van der Waals surface area contributed by atoms with Crippen molar-refractivity contribution in [1.29, 1.82) is 0 Å². The molecule has 1 aliphatic carbocycles. The lowest BCUT2D eigenvalue weighted by molar-refractivity contribution is -0.122. The summed E-state index contributed by atoms with van der Waals surface area (Å²) in [5.41, 5.74) is 1.37. The first-order chi connectivity index (χ1) is 14.1. The van der Waals surface area contributed by atoms with Gasteiger partial charge in [-0.15, -0.1) is 0 Å². The maximum atomic E-state index is 12.4. The van der Waals surface area contributed by atoms with Crippen LogP contribution in [0.15, 0.2) is 23.0 Å². The number of aryl methyl sites for hydroxylation is 1. The van der Waals surface area contributed by atoms with E-state index in [-0.39, 0.29) is 23.9 Å². The largest absolute Gasteiger partial charge is 0.361 e. The Morgan fingerprint density at radius 3 is 2.76 bits per heavy atom. The van der Waals surface area contributed by atoms with Gasteiger partial charge in [-0.25, -0.2) is 0 Å². The Balaban J connectivity index is 1.30. The Bertz CT molecular complexity index is 829. The van der Waals surface area contributed by atoms with E-state index in [1.54, 1.807) is 13.1 Å². The Morgan fingerprint density at radius 1 is 1.24 bits per heavy atom. The van der Waals surface area contributed by atoms with Crippen molar-refractivity contribution in [3.63, 3.8) is 0 Å². The number of amides is 2. The molecule has 156 valence electrons. The van der Waals surface area contributed by atoms with Crippen LogP contribution in [0.2, 0.25) is 0 Å². The standard InChI is InChI=1S/C20H28N6O3/c1-13-18(11-24-29-13)20(28)22-10-17-5-4-16(26(17)12-14-2-3-14)8-19(27)21-9-15-6-7-23-25-15/h6-7,11,14,16-17H,2-5,8-10,12H2,1H3,(H,21,27)(H,22,28)(H,23,25)/t16-,17+/m1/s1. The zero-order valence-corrected chi connectivity index (χ0v) is 16.7. The number of aromatic amines is 1. The molecule has 1 aliphatic heterocycles. The molecular weight excluding hydrogens is 372 g/mol. The average Bonchev–Trinajstić information content (AvgIpc) is 3.07. The minimum atomic E-state index is -0.157. The van der Waals surface area contributed by atoms with Crippen LogP contribution in [0.1, 0.15) is 53.9 Å². The fourth-order valence-corrected chi connectivity index (χ4v) is 4.04. The summed E-state index contributed by atoms with van der Waals surface area (Å²) in [5, 5.41) is 16.4. The predicted molar refractivity (Wildman–Crippen MR) is 105 cm³/mol. The molecule has 2 fully saturated rings. The van der Waals surface area contributed by atoms with Crippen molar-refractivity contribution in [3.8, 4) is 0 Å². The van der Waals surface area contributed by atoms with Gasteiger partial charge in [-0.2, -0.15) is 5.10 Å². The maximum Gasteiger partial charge on any atom is 0.256 e. The van der Waals surface area contributed by atoms with Gasteiger partial charge in [-0.1, -0.05) is 5.16 Å². The van der Waals surface area contributed by atoms with Crippen LogP contribution in [0.3, 0.4) is 0 Å². The third-order valence-corrected chi connectivity index (χ3v) is 5.89. The molecule has 2 amide bonds. The van der Waals surface area contributed by atoms with Crippen molar-refractivity contribution in [3.05, 3.63) is 35.5 Å². The second-order valence-corrected chi connectivity index (χ2v) is 8.09. The van der Waals surface area contributed by atoms with Gasteiger partial charge < -0.3 is 15.2 Å². The van der Waals surface area contributed by atoms with E-state index < -0.39 is 0 Å². The molecule has 0 bridgehead atoms. The smallest absolute Gasteiger partial charge is 0.256 e. The second kappa shape index (κ2) is 8.77. The van der Waals surface area contributed by atoms with Crippen molar-refractivity contribution in [1.82, 2.24) is 30.9 Å². The predicted octanol–water partition coefficient (Wildman–Crippen LogP) is 1.39. The molecular formula is C20H28N6O3. The maximum absolute atomic E-state index is 12.4. The quantitative estimate of drug-likeness (QED) is 0.586. The molecule has 9 nitrogen and oxygen atoms in total. The van der Waals surface area contributed by atoms with E-state index in [0.717, 1.165) is 31.0 Å². The summed E-state index contributed by atoms with van der Waals surface area (Å²) in [7, 11) is 0. The van der Waals surface area contributed by atoms with Gasteiger partial charge in [-0.05, 0) is 44.6 Å². The first kappa shape index (κ1) is 19.6. The number of likely N-dealkylation sites (tertiary alicyclic amines) is 1. The summed E-state index contributed by atoms with van der Waals surface area (Å²) in [4.78, 5) is 27.3. The van der Waals surface area contributed by atoms with Crippen molar-refractivity contribution in [2.45, 2.75) is 57.7 Å². The van der Waals surface area contributed by atoms with Crippen LogP contribution in [0, 0.1) is 12.8 Å². The summed E-state index contributed by atoms with van der Waals surface area (Å²) in [6, 6.07) is 2.33. The molecule has 1 saturated heterocycles. The van der Waals surface area contributed by atoms with Gasteiger partial charge in [-0.3, -0.25) is 19.6 Å². The number of nitrogens with one attached hydrogen (secondary N) is 3. The van der Waals surface area contributed by atoms with Gasteiger partial charge in [0.05, 0.1) is 18.4 Å². The Kier molecular flexibility index (Phi) is 5.94. The third kappa shape index (κ3) is 5.03. The van der Waals surface area contributed by atoms with Crippen LogP contribution in [0.4, 0.5) is 0 Å². The van der Waals surface area contributed by atoms with Crippen LogP contribution in [0.25, 0.3) is 0 Å². The van der Waals surface area contributed by atoms with E-state index in [9.17, 15) is 9.59 Å². The van der Waals surface area contributed by atoms with E-state index >= 15 is 0 Å². The van der Waals surface area contributed by atoms with E-state index in [1.807, 2.05) is 6.07 Å². The first-order valence-electron chi connectivity index (χ1n) is 10.3. The van der Waals surface area contributed by atoms with Crippen molar-refractivity contribution >= 4 is 11.8 Å². The lowest BCUT2D eigenvalue weighted by Gasteiger charge is -2.30. The van der Waals surface area contributed by atoms with Crippen LogP contribution in [0.5, 0.6) is 0 Å². The van der Waals surface area contributed by atoms with E-state index in [4.69, 9.17) is 4.52 Å². The number of rotatable bonds is 9. The number of H-pyrrole nitrogens is 1. The van der Waals surface area contributed by atoms with Crippen LogP contribution in [-0.2, 0) is 11.3 Å². The first-order valence-corrected chi connectivity index (χ1v) is 10.3. The van der Waals surface area contributed by atoms with Gasteiger partial charge >= 0.3 is 0 Å². The lowest BCUT2D eigenvalue weighted by atomic mass is 10.1. The molecule has 2 aromatic heterocycles. The van der Waals surface area contributed by atoms with Crippen molar-refractivity contribution in [2.24, 2.45) is 5.92 Å². The van der Waals surface area contributed by atoms with Crippen LogP contribution >= 0.6 is 0 Å². The molecule has 0 unspecified atom stereocenters. The fourth-order valence-electron chi connectivity index (χ4n) is 4.04. The highest BCUT2D eigenvalue weighted by atomic mass is 16.5. The highest BCUT2D eigenvalue weighted by Gasteiger charge is 2.38. The third-order valence-electron chi connectivity index (χ3n) is 5.89. The van der Waals surface area contributed by atoms with Crippen molar-refractivity contribution in [2.75, 3.05) is 13.1 Å². The summed E-state index contributed by atoms with van der Waals surface area (Å²) >= 11 is 0. The topological polar surface area (TPSA) is 116 Å². The molecule has 2 aliphatic rings. The molecule has 9 heteroatoms. The highest BCUT2D eigenvalue weighted by molar-refractivity contribution is 5.94. The van der Waals surface area contributed by atoms with Gasteiger partial charge in [0, 0.05) is 37.8 Å². The van der Waals surface area contributed by atoms with E-state index in [1.165, 1.54) is 19.0 Å². The van der Waals surface area contributed by atoms with Crippen LogP contribution in [-0.4, -0.2) is 57.2 Å². The molecule has 3 heterocycles. The SMILES string of the molecule is Cc1oncc1C(=O)NC[C@@H]1CC[C@H](CC(=O)NCc2ccn[nH]2)N1CC1CC1. The molecule has 3 N–H and O–H groups in total. The zero-order valence-electron chi connectivity index (χ0n) is 16.7. The fraction of sp³-hybridized carbons (Fsp3) is 0.600. The lowest BCUT2D eigenvalue weighted by Crippen LogP contribution is -2.45. The molecule has 0 radical (unpaired) electrons. The van der Waals surface area contributed by atoms with Crippen LogP contribution < -0.4 is 10.6 Å². The van der Waals surface area contributed by atoms with E-state index in [0.29, 0.717) is 30.8 Å². The molecule has 4 rings (SSSR count). The number of aromatic nitrogens is 3. The summed E-state index contributed by atoms with van der Waals surface area (Å²) in [6.07, 6.45) is 8.08. The van der Waals surface area contributed by atoms with Gasteiger partial charge in [0.2, 0.25) is 5.91 Å². The van der Waals surface area contributed by atoms with E-state index in [2.05, 4.69) is 30.9 Å². The average molecular weight is 400 g/mol. The number of hydrogen-bond acceptors (Lipinski definition) is 6. The minimum Gasteiger partial charge on any atom is -0.361 e. The van der Waals surface area contributed by atoms with Gasteiger partial charge in [0.15, 0.2) is 0 Å². The number of hydrogen-bond donors (Lipinski definition) is 3. The Hall–Kier alpha value is -2.68. The van der Waals surface area contributed by atoms with Gasteiger partial charge in [0.1, 0.15) is 11.3 Å². The monoisotopic (exact) mass is 400 g/mol. The summed E-state index contributed by atoms with van der Waals surface area (Å²) in [5.74, 6) is 1.14.